The van der Waals surface area contributed by atoms with Crippen LogP contribution >= 0.6 is 7.60 Å². The summed E-state index contributed by atoms with van der Waals surface area (Å²) in [5.41, 5.74) is 0. The van der Waals surface area contributed by atoms with Crippen LogP contribution in [-0.4, -0.2) is 76.6 Å². The molecule has 0 aliphatic carbocycles. The lowest BCUT2D eigenvalue weighted by atomic mass is 10.0. The first kappa shape index (κ1) is 16.9. The Hall–Kier alpha value is -0.0500. The van der Waals surface area contributed by atoms with Crippen LogP contribution in [0.3, 0.4) is 0 Å². The molecule has 0 saturated carbocycles. The van der Waals surface area contributed by atoms with Gasteiger partial charge >= 0.3 is 7.60 Å². The smallest absolute Gasteiger partial charge is 0.325 e. The Labute approximate surface area is 99.4 Å². The molecule has 0 amide bonds. The van der Waals surface area contributed by atoms with E-state index in [2.05, 4.69) is 9.84 Å². The molecule has 0 aliphatic heterocycles. The molecule has 0 radical (unpaired) electrons. The maximum absolute atomic E-state index is 11.1. The molecule has 0 spiro atoms. The van der Waals surface area contributed by atoms with Gasteiger partial charge in [0.25, 0.3) is 0 Å². The van der Waals surface area contributed by atoms with E-state index in [4.69, 9.17) is 15.1 Å². The number of aliphatic hydroxyl groups excluding tert-OH is 4. The zero-order valence-electron chi connectivity index (χ0n) is 9.72. The summed E-state index contributed by atoms with van der Waals surface area (Å²) < 4.78 is 15.7. The zero-order valence-corrected chi connectivity index (χ0v) is 10.6. The third-order valence-corrected chi connectivity index (χ3v) is 2.83. The summed E-state index contributed by atoms with van der Waals surface area (Å²) in [5, 5.41) is 39.5. The fourth-order valence-electron chi connectivity index (χ4n) is 1.29. The maximum Gasteiger partial charge on any atom is 0.325 e. The fourth-order valence-corrected chi connectivity index (χ4v) is 2.01. The van der Waals surface area contributed by atoms with E-state index in [1.165, 1.54) is 7.05 Å². The lowest BCUT2D eigenvalue weighted by Crippen LogP contribution is -2.52. The molecule has 0 aromatic heterocycles. The minimum atomic E-state index is -3.94. The van der Waals surface area contributed by atoms with Gasteiger partial charge in [-0.15, -0.1) is 0 Å². The SMILES string of the molecule is CNC(CO)C(O)C(OP(C)(=O)O)C(O)CO. The number of aliphatic hydroxyl groups is 4. The minimum Gasteiger partial charge on any atom is -0.395 e. The van der Waals surface area contributed by atoms with Crippen LogP contribution in [0.15, 0.2) is 0 Å². The molecular formula is C8H20NO7P. The van der Waals surface area contributed by atoms with Crippen LogP contribution in [0.2, 0.25) is 0 Å². The van der Waals surface area contributed by atoms with Gasteiger partial charge in [-0.2, -0.15) is 0 Å². The van der Waals surface area contributed by atoms with Crippen molar-refractivity contribution in [1.29, 1.82) is 0 Å². The quantitative estimate of drug-likeness (QED) is 0.266. The Morgan fingerprint density at radius 3 is 2.12 bits per heavy atom. The van der Waals surface area contributed by atoms with Crippen molar-refractivity contribution < 1.29 is 34.4 Å². The fraction of sp³-hybridized carbons (Fsp3) is 1.00. The molecule has 0 aromatic rings. The number of rotatable bonds is 8. The van der Waals surface area contributed by atoms with Gasteiger partial charge in [-0.25, -0.2) is 0 Å². The van der Waals surface area contributed by atoms with Crippen molar-refractivity contribution in [1.82, 2.24) is 5.32 Å². The summed E-state index contributed by atoms with van der Waals surface area (Å²) in [6, 6.07) is -0.854. The van der Waals surface area contributed by atoms with Gasteiger partial charge in [-0.05, 0) is 7.05 Å². The first-order valence-electron chi connectivity index (χ1n) is 5.00. The minimum absolute atomic E-state index is 0.463. The summed E-state index contributed by atoms with van der Waals surface area (Å²) in [7, 11) is -2.49. The molecule has 0 rings (SSSR count). The second kappa shape index (κ2) is 7.40. The highest BCUT2D eigenvalue weighted by molar-refractivity contribution is 7.51. The molecule has 104 valence electrons. The molecule has 0 bridgehead atoms. The predicted molar refractivity (Wildman–Crippen MR) is 59.7 cm³/mol. The Balaban J connectivity index is 4.84. The van der Waals surface area contributed by atoms with E-state index >= 15 is 0 Å². The van der Waals surface area contributed by atoms with Crippen LogP contribution in [0.4, 0.5) is 0 Å². The third kappa shape index (κ3) is 5.89. The van der Waals surface area contributed by atoms with E-state index in [-0.39, 0.29) is 0 Å². The molecule has 0 heterocycles. The molecule has 0 fully saturated rings. The first-order chi connectivity index (χ1) is 7.76. The number of likely N-dealkylation sites (N-methyl/N-ethyl adjacent to an activating group) is 1. The van der Waals surface area contributed by atoms with Crippen molar-refractivity contribution in [2.24, 2.45) is 0 Å². The molecule has 0 saturated heterocycles. The lowest BCUT2D eigenvalue weighted by molar-refractivity contribution is -0.0810. The maximum atomic E-state index is 11.1. The highest BCUT2D eigenvalue weighted by Gasteiger charge is 2.36. The highest BCUT2D eigenvalue weighted by atomic mass is 31.2. The van der Waals surface area contributed by atoms with Crippen molar-refractivity contribution >= 4 is 7.60 Å². The molecule has 8 nitrogen and oxygen atoms in total. The van der Waals surface area contributed by atoms with Crippen LogP contribution in [-0.2, 0) is 9.09 Å². The Bertz CT molecular complexity index is 254. The Kier molecular flexibility index (Phi) is 7.38. The molecule has 0 aliphatic rings. The second-order valence-electron chi connectivity index (χ2n) is 3.69. The standard InChI is InChI=1S/C8H20NO7P/c1-9-5(3-10)7(13)8(6(12)4-11)16-17(2,14)15/h5-13H,3-4H2,1-2H3,(H,14,15). The zero-order chi connectivity index (χ0) is 13.6. The molecule has 5 unspecified atom stereocenters. The molecule has 5 atom stereocenters. The van der Waals surface area contributed by atoms with Crippen molar-refractivity contribution in [2.75, 3.05) is 26.9 Å². The van der Waals surface area contributed by atoms with E-state index in [9.17, 15) is 14.8 Å². The molecule has 0 aromatic carbocycles. The van der Waals surface area contributed by atoms with Crippen LogP contribution in [0.5, 0.6) is 0 Å². The monoisotopic (exact) mass is 273 g/mol. The van der Waals surface area contributed by atoms with E-state index < -0.39 is 45.2 Å². The van der Waals surface area contributed by atoms with Crippen LogP contribution < -0.4 is 5.32 Å². The molecule has 17 heavy (non-hydrogen) atoms. The average molecular weight is 273 g/mol. The normalized spacial score (nSPS) is 22.5. The molecule has 9 heteroatoms. The molecular weight excluding hydrogens is 253 g/mol. The summed E-state index contributed by atoms with van der Waals surface area (Å²) in [6.45, 7) is -0.317. The van der Waals surface area contributed by atoms with Crippen molar-refractivity contribution in [3.8, 4) is 0 Å². The number of hydrogen-bond donors (Lipinski definition) is 6. The highest BCUT2D eigenvalue weighted by Crippen LogP contribution is 2.39. The van der Waals surface area contributed by atoms with Crippen molar-refractivity contribution in [2.45, 2.75) is 24.4 Å². The van der Waals surface area contributed by atoms with Gasteiger partial charge in [0.15, 0.2) is 0 Å². The summed E-state index contributed by atoms with van der Waals surface area (Å²) in [4.78, 5) is 9.06. The van der Waals surface area contributed by atoms with Gasteiger partial charge in [0.2, 0.25) is 0 Å². The lowest BCUT2D eigenvalue weighted by Gasteiger charge is -2.31. The van der Waals surface area contributed by atoms with Crippen molar-refractivity contribution in [3.63, 3.8) is 0 Å². The third-order valence-electron chi connectivity index (χ3n) is 2.20. The summed E-state index contributed by atoms with van der Waals surface area (Å²) in [6.07, 6.45) is -4.47. The summed E-state index contributed by atoms with van der Waals surface area (Å²) >= 11 is 0. The van der Waals surface area contributed by atoms with E-state index in [1.54, 1.807) is 0 Å². The van der Waals surface area contributed by atoms with Gasteiger partial charge in [-0.1, -0.05) is 0 Å². The van der Waals surface area contributed by atoms with Gasteiger partial charge in [-0.3, -0.25) is 9.09 Å². The van der Waals surface area contributed by atoms with Gasteiger partial charge in [0, 0.05) is 6.66 Å². The molecule has 6 N–H and O–H groups in total. The second-order valence-corrected chi connectivity index (χ2v) is 5.51. The average Bonchev–Trinajstić information content (AvgIpc) is 2.25. The van der Waals surface area contributed by atoms with Crippen LogP contribution in [0.1, 0.15) is 0 Å². The van der Waals surface area contributed by atoms with E-state index in [0.717, 1.165) is 6.66 Å². The Morgan fingerprint density at radius 1 is 1.29 bits per heavy atom. The van der Waals surface area contributed by atoms with E-state index in [0.29, 0.717) is 0 Å². The van der Waals surface area contributed by atoms with Gasteiger partial charge in [0.05, 0.1) is 19.3 Å². The first-order valence-corrected chi connectivity index (χ1v) is 7.03. The van der Waals surface area contributed by atoms with Crippen molar-refractivity contribution in [3.05, 3.63) is 0 Å². The predicted octanol–water partition coefficient (Wildman–Crippen LogP) is -2.52. The summed E-state index contributed by atoms with van der Waals surface area (Å²) in [5.74, 6) is 0. The largest absolute Gasteiger partial charge is 0.395 e. The van der Waals surface area contributed by atoms with Crippen LogP contribution in [0.25, 0.3) is 0 Å². The topological polar surface area (TPSA) is 139 Å². The number of hydrogen-bond acceptors (Lipinski definition) is 7. The van der Waals surface area contributed by atoms with Crippen LogP contribution in [0, 0.1) is 0 Å². The van der Waals surface area contributed by atoms with E-state index in [1.807, 2.05) is 0 Å². The number of nitrogens with one attached hydrogen (secondary N) is 1. The Morgan fingerprint density at radius 2 is 1.82 bits per heavy atom. The van der Waals surface area contributed by atoms with Gasteiger partial charge < -0.3 is 30.6 Å². The van der Waals surface area contributed by atoms with Gasteiger partial charge in [0.1, 0.15) is 18.3 Å².